The van der Waals surface area contributed by atoms with Gasteiger partial charge in [0.2, 0.25) is 0 Å². The Morgan fingerprint density at radius 3 is 2.68 bits per heavy atom. The van der Waals surface area contributed by atoms with Crippen LogP contribution in [0.25, 0.3) is 0 Å². The fourth-order valence-corrected chi connectivity index (χ4v) is 3.30. The summed E-state index contributed by atoms with van der Waals surface area (Å²) in [6.07, 6.45) is 6.17. The van der Waals surface area contributed by atoms with E-state index in [0.717, 1.165) is 12.1 Å². The van der Waals surface area contributed by atoms with Gasteiger partial charge < -0.3 is 0 Å². The van der Waals surface area contributed by atoms with Crippen LogP contribution in [0.15, 0.2) is 30.3 Å². The Labute approximate surface area is 116 Å². The Balaban J connectivity index is 2.24. The Hall–Kier alpha value is -1.15. The van der Waals surface area contributed by atoms with Gasteiger partial charge in [-0.15, -0.1) is 0 Å². The number of carbonyl (C=O) groups excluding carboxylic acids is 1. The van der Waals surface area contributed by atoms with E-state index in [2.05, 4.69) is 24.0 Å². The monoisotopic (exact) mass is 259 g/mol. The number of likely N-dealkylation sites (tertiary alicyclic amines) is 1. The summed E-state index contributed by atoms with van der Waals surface area (Å²) < 4.78 is 0. The van der Waals surface area contributed by atoms with Crippen molar-refractivity contribution in [2.75, 3.05) is 6.54 Å². The molecule has 1 heterocycles. The Morgan fingerprint density at radius 2 is 2.05 bits per heavy atom. The largest absolute Gasteiger partial charge is 0.298 e. The van der Waals surface area contributed by atoms with Crippen LogP contribution in [0, 0.1) is 0 Å². The lowest BCUT2D eigenvalue weighted by atomic mass is 9.92. The van der Waals surface area contributed by atoms with Crippen LogP contribution in [0.4, 0.5) is 0 Å². The minimum Gasteiger partial charge on any atom is -0.298 e. The van der Waals surface area contributed by atoms with Crippen LogP contribution in [-0.2, 0) is 4.79 Å². The van der Waals surface area contributed by atoms with E-state index >= 15 is 0 Å². The molecule has 0 aromatic heterocycles. The Bertz CT molecular complexity index is 399. The van der Waals surface area contributed by atoms with Gasteiger partial charge in [0.15, 0.2) is 5.78 Å². The van der Waals surface area contributed by atoms with E-state index in [1.54, 1.807) is 6.92 Å². The second-order valence-corrected chi connectivity index (χ2v) is 5.60. The predicted octanol–water partition coefficient (Wildman–Crippen LogP) is 3.97. The molecular weight excluding hydrogens is 234 g/mol. The van der Waals surface area contributed by atoms with E-state index in [-0.39, 0.29) is 11.8 Å². The van der Waals surface area contributed by atoms with E-state index < -0.39 is 0 Å². The highest BCUT2D eigenvalue weighted by Crippen LogP contribution is 2.31. The molecule has 1 aromatic carbocycles. The molecule has 0 saturated carbocycles. The lowest BCUT2D eigenvalue weighted by molar-refractivity contribution is -0.124. The van der Waals surface area contributed by atoms with E-state index in [9.17, 15) is 4.79 Å². The number of rotatable bonds is 5. The summed E-state index contributed by atoms with van der Waals surface area (Å²) >= 11 is 0. The van der Waals surface area contributed by atoms with Crippen molar-refractivity contribution in [1.82, 2.24) is 4.90 Å². The molecule has 1 aromatic rings. The first-order valence-electron chi connectivity index (χ1n) is 7.55. The van der Waals surface area contributed by atoms with Crippen molar-refractivity contribution < 1.29 is 4.79 Å². The zero-order chi connectivity index (χ0) is 13.7. The molecule has 0 aliphatic carbocycles. The van der Waals surface area contributed by atoms with E-state index in [1.807, 2.05) is 18.2 Å². The third kappa shape index (κ3) is 3.44. The first-order valence-corrected chi connectivity index (χ1v) is 7.55. The number of carbonyl (C=O) groups is 1. The fourth-order valence-electron chi connectivity index (χ4n) is 3.30. The molecule has 104 valence electrons. The standard InChI is InChI=1S/C17H25NO/c1-3-9-16-12-7-8-13-18(16)17(14(2)19)15-10-5-4-6-11-15/h4-6,10-11,16-17H,3,7-9,12-13H2,1-2H3/t16?,17-/m1/s1. The highest BCUT2D eigenvalue weighted by Gasteiger charge is 2.31. The summed E-state index contributed by atoms with van der Waals surface area (Å²) in [7, 11) is 0. The second-order valence-electron chi connectivity index (χ2n) is 5.60. The first-order chi connectivity index (χ1) is 9.24. The van der Waals surface area contributed by atoms with Crippen LogP contribution in [-0.4, -0.2) is 23.3 Å². The quantitative estimate of drug-likeness (QED) is 0.797. The molecule has 1 aliphatic heterocycles. The third-order valence-corrected chi connectivity index (χ3v) is 4.13. The van der Waals surface area contributed by atoms with Gasteiger partial charge in [0.05, 0.1) is 6.04 Å². The second kappa shape index (κ2) is 6.85. The lowest BCUT2D eigenvalue weighted by Crippen LogP contribution is -2.44. The van der Waals surface area contributed by atoms with Crippen molar-refractivity contribution >= 4 is 5.78 Å². The topological polar surface area (TPSA) is 20.3 Å². The minimum atomic E-state index is -0.0435. The average Bonchev–Trinajstić information content (AvgIpc) is 2.42. The van der Waals surface area contributed by atoms with E-state index in [0.29, 0.717) is 6.04 Å². The molecule has 1 saturated heterocycles. The highest BCUT2D eigenvalue weighted by atomic mass is 16.1. The van der Waals surface area contributed by atoms with Crippen molar-refractivity contribution in [3.8, 4) is 0 Å². The minimum absolute atomic E-state index is 0.0435. The average molecular weight is 259 g/mol. The van der Waals surface area contributed by atoms with Crippen LogP contribution in [0.3, 0.4) is 0 Å². The fraction of sp³-hybridized carbons (Fsp3) is 0.588. The lowest BCUT2D eigenvalue weighted by Gasteiger charge is -2.40. The maximum atomic E-state index is 12.2. The van der Waals surface area contributed by atoms with Gasteiger partial charge >= 0.3 is 0 Å². The summed E-state index contributed by atoms with van der Waals surface area (Å²) in [5.74, 6) is 0.272. The van der Waals surface area contributed by atoms with Crippen molar-refractivity contribution in [2.24, 2.45) is 0 Å². The van der Waals surface area contributed by atoms with Crippen molar-refractivity contribution in [1.29, 1.82) is 0 Å². The van der Waals surface area contributed by atoms with Gasteiger partial charge in [-0.2, -0.15) is 0 Å². The van der Waals surface area contributed by atoms with Gasteiger partial charge in [-0.3, -0.25) is 9.69 Å². The number of hydrogen-bond acceptors (Lipinski definition) is 2. The van der Waals surface area contributed by atoms with E-state index in [4.69, 9.17) is 0 Å². The van der Waals surface area contributed by atoms with Gasteiger partial charge in [-0.25, -0.2) is 0 Å². The highest BCUT2D eigenvalue weighted by molar-refractivity contribution is 5.83. The van der Waals surface area contributed by atoms with Gasteiger partial charge in [0, 0.05) is 6.04 Å². The molecule has 2 heteroatoms. The van der Waals surface area contributed by atoms with Gasteiger partial charge in [0.25, 0.3) is 0 Å². The van der Waals surface area contributed by atoms with Crippen LogP contribution in [0.1, 0.15) is 57.6 Å². The third-order valence-electron chi connectivity index (χ3n) is 4.13. The molecule has 2 atom stereocenters. The molecule has 0 amide bonds. The van der Waals surface area contributed by atoms with Crippen molar-refractivity contribution in [3.05, 3.63) is 35.9 Å². The summed E-state index contributed by atoms with van der Waals surface area (Å²) in [5, 5.41) is 0. The summed E-state index contributed by atoms with van der Waals surface area (Å²) in [5.41, 5.74) is 1.15. The van der Waals surface area contributed by atoms with E-state index in [1.165, 1.54) is 32.1 Å². The molecule has 1 unspecified atom stereocenters. The molecule has 2 rings (SSSR count). The van der Waals surface area contributed by atoms with Crippen molar-refractivity contribution in [2.45, 2.75) is 58.0 Å². The molecule has 0 spiro atoms. The maximum Gasteiger partial charge on any atom is 0.151 e. The SMILES string of the molecule is CCCC1CCCCN1[C@H](C(C)=O)c1ccccc1. The molecule has 0 N–H and O–H groups in total. The molecule has 0 radical (unpaired) electrons. The molecule has 1 fully saturated rings. The molecule has 1 aliphatic rings. The van der Waals surface area contributed by atoms with Crippen LogP contribution >= 0.6 is 0 Å². The van der Waals surface area contributed by atoms with Crippen LogP contribution in [0.5, 0.6) is 0 Å². The predicted molar refractivity (Wildman–Crippen MR) is 79.1 cm³/mol. The normalized spacial score (nSPS) is 22.1. The van der Waals surface area contributed by atoms with Crippen molar-refractivity contribution in [3.63, 3.8) is 0 Å². The maximum absolute atomic E-state index is 12.2. The molecule has 19 heavy (non-hydrogen) atoms. The Morgan fingerprint density at radius 1 is 1.32 bits per heavy atom. The summed E-state index contributed by atoms with van der Waals surface area (Å²) in [6, 6.07) is 10.8. The first kappa shape index (κ1) is 14.3. The zero-order valence-electron chi connectivity index (χ0n) is 12.1. The molecule has 2 nitrogen and oxygen atoms in total. The summed E-state index contributed by atoms with van der Waals surface area (Å²) in [4.78, 5) is 14.6. The molecule has 0 bridgehead atoms. The van der Waals surface area contributed by atoms with Crippen LogP contribution < -0.4 is 0 Å². The Kier molecular flexibility index (Phi) is 5.15. The smallest absolute Gasteiger partial charge is 0.151 e. The molecular formula is C17H25NO. The number of piperidine rings is 1. The van der Waals surface area contributed by atoms with Crippen LogP contribution in [0.2, 0.25) is 0 Å². The number of nitrogens with zero attached hydrogens (tertiary/aromatic N) is 1. The van der Waals surface area contributed by atoms with Gasteiger partial charge in [-0.1, -0.05) is 50.1 Å². The zero-order valence-corrected chi connectivity index (χ0v) is 12.1. The number of hydrogen-bond donors (Lipinski definition) is 0. The number of Topliss-reactive ketones (excluding diaryl/α,β-unsaturated/α-hetero) is 1. The van der Waals surface area contributed by atoms with Gasteiger partial charge in [-0.05, 0) is 38.3 Å². The number of benzene rings is 1. The van der Waals surface area contributed by atoms with Gasteiger partial charge in [0.1, 0.15) is 0 Å². The number of ketones is 1. The summed E-state index contributed by atoms with van der Waals surface area (Å²) in [6.45, 7) is 5.02.